The van der Waals surface area contributed by atoms with Gasteiger partial charge in [0, 0.05) is 18.7 Å². The summed E-state index contributed by atoms with van der Waals surface area (Å²) in [5.41, 5.74) is 0.818. The number of hydrogen-bond donors (Lipinski definition) is 2. The maximum Gasteiger partial charge on any atom is 0.225 e. The highest BCUT2D eigenvalue weighted by atomic mass is 16.5. The molecule has 0 aliphatic rings. The van der Waals surface area contributed by atoms with Crippen LogP contribution < -0.4 is 15.4 Å². The van der Waals surface area contributed by atoms with E-state index in [2.05, 4.69) is 10.6 Å². The van der Waals surface area contributed by atoms with E-state index in [-0.39, 0.29) is 5.91 Å². The second-order valence-electron chi connectivity index (χ2n) is 4.33. The second-order valence-corrected chi connectivity index (χ2v) is 4.33. The zero-order valence-electron chi connectivity index (χ0n) is 11.2. The van der Waals surface area contributed by atoms with E-state index in [1.165, 1.54) is 0 Å². The van der Waals surface area contributed by atoms with Crippen molar-refractivity contribution in [3.63, 3.8) is 0 Å². The minimum absolute atomic E-state index is 0.0159. The quantitative estimate of drug-likeness (QED) is 0.865. The highest BCUT2D eigenvalue weighted by Crippen LogP contribution is 2.23. The number of rotatable bonds is 5. The maximum absolute atomic E-state index is 11.6. The van der Waals surface area contributed by atoms with Crippen LogP contribution in [0.4, 0.5) is 5.69 Å². The van der Waals surface area contributed by atoms with Crippen LogP contribution in [0.5, 0.6) is 5.75 Å². The molecule has 0 radical (unpaired) electrons. The molecule has 2 rings (SSSR count). The lowest BCUT2D eigenvalue weighted by atomic mass is 10.1. The molecule has 2 aromatic carbocycles. The van der Waals surface area contributed by atoms with Crippen molar-refractivity contribution < 1.29 is 9.53 Å². The molecule has 0 aromatic heterocycles. The van der Waals surface area contributed by atoms with Crippen molar-refractivity contribution in [1.29, 1.82) is 0 Å². The molecule has 1 amide bonds. The molecule has 0 atom stereocenters. The van der Waals surface area contributed by atoms with Gasteiger partial charge in [0.1, 0.15) is 5.75 Å². The standard InChI is InChI=1S/C15H18N2O2/c1-16-8-7-15(18)17-13-5-3-12-10-14(19-2)6-4-11(12)9-13/h3-6,9-10,16H,7-8H2,1-2H3,(H,17,18). The Morgan fingerprint density at radius 1 is 1.16 bits per heavy atom. The van der Waals surface area contributed by atoms with Gasteiger partial charge in [-0.15, -0.1) is 0 Å². The molecule has 2 N–H and O–H groups in total. The first-order chi connectivity index (χ1) is 9.22. The third kappa shape index (κ3) is 3.45. The molecule has 0 bridgehead atoms. The van der Waals surface area contributed by atoms with Gasteiger partial charge in [0.25, 0.3) is 0 Å². The van der Waals surface area contributed by atoms with E-state index in [4.69, 9.17) is 4.74 Å². The van der Waals surface area contributed by atoms with Gasteiger partial charge in [0.15, 0.2) is 0 Å². The fraction of sp³-hybridized carbons (Fsp3) is 0.267. The average Bonchev–Trinajstić information content (AvgIpc) is 2.44. The Labute approximate surface area is 112 Å². The first kappa shape index (κ1) is 13.4. The van der Waals surface area contributed by atoms with Gasteiger partial charge in [0.05, 0.1) is 7.11 Å². The number of ether oxygens (including phenoxy) is 1. The monoisotopic (exact) mass is 258 g/mol. The fourth-order valence-electron chi connectivity index (χ4n) is 1.89. The van der Waals surface area contributed by atoms with Crippen molar-refractivity contribution in [2.75, 3.05) is 26.0 Å². The Morgan fingerprint density at radius 2 is 1.89 bits per heavy atom. The molecular formula is C15H18N2O2. The topological polar surface area (TPSA) is 50.4 Å². The summed E-state index contributed by atoms with van der Waals surface area (Å²) in [6, 6.07) is 11.7. The lowest BCUT2D eigenvalue weighted by Gasteiger charge is -2.07. The smallest absolute Gasteiger partial charge is 0.225 e. The average molecular weight is 258 g/mol. The van der Waals surface area contributed by atoms with Crippen LogP contribution >= 0.6 is 0 Å². The van der Waals surface area contributed by atoms with Gasteiger partial charge in [0.2, 0.25) is 5.91 Å². The third-order valence-corrected chi connectivity index (χ3v) is 2.93. The van der Waals surface area contributed by atoms with E-state index >= 15 is 0 Å². The highest BCUT2D eigenvalue weighted by Gasteiger charge is 2.03. The SMILES string of the molecule is CNCCC(=O)Nc1ccc2cc(OC)ccc2c1. The van der Waals surface area contributed by atoms with Crippen LogP contribution in [0, 0.1) is 0 Å². The van der Waals surface area contributed by atoms with Crippen LogP contribution in [-0.4, -0.2) is 26.6 Å². The number of methoxy groups -OCH3 is 1. The summed E-state index contributed by atoms with van der Waals surface area (Å²) < 4.78 is 5.18. The van der Waals surface area contributed by atoms with Gasteiger partial charge < -0.3 is 15.4 Å². The predicted molar refractivity (Wildman–Crippen MR) is 77.7 cm³/mol. The van der Waals surface area contributed by atoms with Gasteiger partial charge >= 0.3 is 0 Å². The Kier molecular flexibility index (Phi) is 4.36. The van der Waals surface area contributed by atoms with Crippen molar-refractivity contribution >= 4 is 22.4 Å². The van der Waals surface area contributed by atoms with Crippen LogP contribution in [0.3, 0.4) is 0 Å². The Hall–Kier alpha value is -2.07. The number of amides is 1. The molecule has 4 nitrogen and oxygen atoms in total. The van der Waals surface area contributed by atoms with Crippen LogP contribution in [0.1, 0.15) is 6.42 Å². The summed E-state index contributed by atoms with van der Waals surface area (Å²) >= 11 is 0. The van der Waals surface area contributed by atoms with Crippen LogP contribution in [0.2, 0.25) is 0 Å². The van der Waals surface area contributed by atoms with E-state index < -0.39 is 0 Å². The molecule has 0 aliphatic heterocycles. The lowest BCUT2D eigenvalue weighted by Crippen LogP contribution is -2.18. The molecular weight excluding hydrogens is 240 g/mol. The van der Waals surface area contributed by atoms with E-state index in [0.29, 0.717) is 13.0 Å². The molecule has 19 heavy (non-hydrogen) atoms. The normalized spacial score (nSPS) is 10.4. The van der Waals surface area contributed by atoms with E-state index in [1.807, 2.05) is 43.4 Å². The summed E-state index contributed by atoms with van der Waals surface area (Å²) in [6.07, 6.45) is 0.469. The van der Waals surface area contributed by atoms with Gasteiger partial charge in [-0.25, -0.2) is 0 Å². The minimum atomic E-state index is 0.0159. The summed E-state index contributed by atoms with van der Waals surface area (Å²) in [5.74, 6) is 0.848. The lowest BCUT2D eigenvalue weighted by molar-refractivity contribution is -0.116. The Bertz CT molecular complexity index is 581. The molecule has 0 spiro atoms. The second kappa shape index (κ2) is 6.20. The van der Waals surface area contributed by atoms with Crippen LogP contribution in [-0.2, 0) is 4.79 Å². The summed E-state index contributed by atoms with van der Waals surface area (Å²) in [4.78, 5) is 11.6. The number of benzene rings is 2. The summed E-state index contributed by atoms with van der Waals surface area (Å²) in [5, 5.41) is 8.01. The molecule has 100 valence electrons. The van der Waals surface area contributed by atoms with Crippen molar-refractivity contribution in [1.82, 2.24) is 5.32 Å². The van der Waals surface area contributed by atoms with E-state index in [1.54, 1.807) is 7.11 Å². The van der Waals surface area contributed by atoms with Crippen LogP contribution in [0.15, 0.2) is 36.4 Å². The molecule has 0 aliphatic carbocycles. The first-order valence-electron chi connectivity index (χ1n) is 6.25. The first-order valence-corrected chi connectivity index (χ1v) is 6.25. The Balaban J connectivity index is 2.15. The molecule has 0 heterocycles. The zero-order chi connectivity index (χ0) is 13.7. The third-order valence-electron chi connectivity index (χ3n) is 2.93. The van der Waals surface area contributed by atoms with E-state index in [9.17, 15) is 4.79 Å². The number of nitrogens with one attached hydrogen (secondary N) is 2. The van der Waals surface area contributed by atoms with Crippen molar-refractivity contribution in [3.05, 3.63) is 36.4 Å². The molecule has 0 fully saturated rings. The fourth-order valence-corrected chi connectivity index (χ4v) is 1.89. The van der Waals surface area contributed by atoms with Crippen LogP contribution in [0.25, 0.3) is 10.8 Å². The number of carbonyl (C=O) groups is 1. The van der Waals surface area contributed by atoms with Crippen molar-refractivity contribution in [2.24, 2.45) is 0 Å². The Morgan fingerprint density at radius 3 is 2.63 bits per heavy atom. The number of hydrogen-bond acceptors (Lipinski definition) is 3. The molecule has 4 heteroatoms. The van der Waals surface area contributed by atoms with Gasteiger partial charge in [-0.1, -0.05) is 12.1 Å². The summed E-state index contributed by atoms with van der Waals surface area (Å²) in [6.45, 7) is 0.677. The number of carbonyl (C=O) groups excluding carboxylic acids is 1. The van der Waals surface area contributed by atoms with Gasteiger partial charge in [-0.2, -0.15) is 0 Å². The van der Waals surface area contributed by atoms with Crippen molar-refractivity contribution in [3.8, 4) is 5.75 Å². The van der Waals surface area contributed by atoms with Crippen molar-refractivity contribution in [2.45, 2.75) is 6.42 Å². The van der Waals surface area contributed by atoms with Gasteiger partial charge in [-0.05, 0) is 42.1 Å². The zero-order valence-corrected chi connectivity index (χ0v) is 11.2. The minimum Gasteiger partial charge on any atom is -0.497 e. The van der Waals surface area contributed by atoms with Gasteiger partial charge in [-0.3, -0.25) is 4.79 Å². The molecule has 0 saturated heterocycles. The maximum atomic E-state index is 11.6. The largest absolute Gasteiger partial charge is 0.497 e. The molecule has 0 saturated carbocycles. The predicted octanol–water partition coefficient (Wildman–Crippen LogP) is 2.40. The summed E-state index contributed by atoms with van der Waals surface area (Å²) in [7, 11) is 3.48. The molecule has 0 unspecified atom stereocenters. The number of fused-ring (bicyclic) bond motifs is 1. The van der Waals surface area contributed by atoms with E-state index in [0.717, 1.165) is 22.2 Å². The number of anilines is 1. The highest BCUT2D eigenvalue weighted by molar-refractivity contribution is 5.94. The molecule has 2 aromatic rings.